The maximum Gasteiger partial charge on any atom is 0.239 e. The topological polar surface area (TPSA) is 41.5 Å². The van der Waals surface area contributed by atoms with Gasteiger partial charge in [0, 0.05) is 38.3 Å². The summed E-state index contributed by atoms with van der Waals surface area (Å²) in [5, 5.41) is 0. The van der Waals surface area contributed by atoms with E-state index in [1.54, 1.807) is 24.5 Å². The fourth-order valence-corrected chi connectivity index (χ4v) is 3.26. The predicted octanol–water partition coefficient (Wildman–Crippen LogP) is 3.08. The van der Waals surface area contributed by atoms with E-state index in [1.165, 1.54) is 31.4 Å². The van der Waals surface area contributed by atoms with Gasteiger partial charge >= 0.3 is 0 Å². The van der Waals surface area contributed by atoms with Crippen molar-refractivity contribution >= 4 is 5.82 Å². The lowest BCUT2D eigenvalue weighted by Crippen LogP contribution is -2.52. The van der Waals surface area contributed by atoms with E-state index >= 15 is 0 Å². The molecular formula is C18H21FN4O. The number of aromatic nitrogens is 2. The molecule has 1 saturated carbocycles. The molecule has 5 nitrogen and oxygen atoms in total. The van der Waals surface area contributed by atoms with Gasteiger partial charge in [-0.25, -0.2) is 4.39 Å². The molecule has 1 aromatic heterocycles. The second-order valence-electron chi connectivity index (χ2n) is 6.38. The van der Waals surface area contributed by atoms with Crippen molar-refractivity contribution in [1.82, 2.24) is 14.9 Å². The van der Waals surface area contributed by atoms with Gasteiger partial charge in [0.05, 0.1) is 12.4 Å². The van der Waals surface area contributed by atoms with E-state index in [0.29, 0.717) is 11.6 Å². The molecule has 0 spiro atoms. The molecular weight excluding hydrogens is 307 g/mol. The summed E-state index contributed by atoms with van der Waals surface area (Å²) in [5.74, 6) is 1.30. The second kappa shape index (κ2) is 6.73. The highest BCUT2D eigenvalue weighted by Crippen LogP contribution is 2.27. The van der Waals surface area contributed by atoms with Crippen molar-refractivity contribution in [3.05, 3.63) is 42.5 Å². The fraction of sp³-hybridized carbons (Fsp3) is 0.444. The summed E-state index contributed by atoms with van der Waals surface area (Å²) in [6.45, 7) is 4.05. The largest absolute Gasteiger partial charge is 0.437 e. The first-order valence-electron chi connectivity index (χ1n) is 8.52. The van der Waals surface area contributed by atoms with E-state index in [0.717, 1.165) is 38.0 Å². The summed E-state index contributed by atoms with van der Waals surface area (Å²) in [5.41, 5.74) is 0. The highest BCUT2D eigenvalue weighted by atomic mass is 19.1. The Hall–Kier alpha value is -2.21. The van der Waals surface area contributed by atoms with Crippen molar-refractivity contribution in [3.63, 3.8) is 0 Å². The standard InChI is InChI=1S/C18H21FN4O/c19-14-3-1-6-16(11-14)24-18-13-20-12-17(21-18)23-9-7-22(8-10-23)15-4-2-5-15/h1,3,6,11-13,15H,2,4-5,7-10H2. The summed E-state index contributed by atoms with van der Waals surface area (Å²) >= 11 is 0. The zero-order valence-corrected chi connectivity index (χ0v) is 13.6. The van der Waals surface area contributed by atoms with Crippen LogP contribution in [-0.4, -0.2) is 47.1 Å². The number of benzene rings is 1. The lowest BCUT2D eigenvalue weighted by Gasteiger charge is -2.43. The molecule has 24 heavy (non-hydrogen) atoms. The highest BCUT2D eigenvalue weighted by Gasteiger charge is 2.28. The number of nitrogens with zero attached hydrogens (tertiary/aromatic N) is 4. The van der Waals surface area contributed by atoms with Crippen LogP contribution < -0.4 is 9.64 Å². The molecule has 0 bridgehead atoms. The Morgan fingerprint density at radius 3 is 2.62 bits per heavy atom. The van der Waals surface area contributed by atoms with Crippen molar-refractivity contribution in [2.75, 3.05) is 31.1 Å². The van der Waals surface area contributed by atoms with Gasteiger partial charge in [0.2, 0.25) is 5.88 Å². The molecule has 2 aromatic rings. The first-order valence-corrected chi connectivity index (χ1v) is 8.52. The Balaban J connectivity index is 1.41. The minimum Gasteiger partial charge on any atom is -0.437 e. The van der Waals surface area contributed by atoms with Crippen LogP contribution in [0.15, 0.2) is 36.7 Å². The van der Waals surface area contributed by atoms with Crippen molar-refractivity contribution in [2.45, 2.75) is 25.3 Å². The zero-order valence-electron chi connectivity index (χ0n) is 13.6. The van der Waals surface area contributed by atoms with Gasteiger partial charge in [0.15, 0.2) is 5.82 Å². The fourth-order valence-electron chi connectivity index (χ4n) is 3.26. The molecule has 2 aliphatic rings. The summed E-state index contributed by atoms with van der Waals surface area (Å²) in [4.78, 5) is 13.6. The van der Waals surface area contributed by atoms with Crippen LogP contribution in [0.1, 0.15) is 19.3 Å². The number of anilines is 1. The number of piperazine rings is 1. The Labute approximate surface area is 141 Å². The van der Waals surface area contributed by atoms with E-state index in [2.05, 4.69) is 19.8 Å². The number of ether oxygens (including phenoxy) is 1. The molecule has 6 heteroatoms. The molecule has 0 radical (unpaired) electrons. The van der Waals surface area contributed by atoms with Gasteiger partial charge in [-0.1, -0.05) is 12.5 Å². The lowest BCUT2D eigenvalue weighted by atomic mass is 9.91. The van der Waals surface area contributed by atoms with Gasteiger partial charge in [0.25, 0.3) is 0 Å². The monoisotopic (exact) mass is 328 g/mol. The Morgan fingerprint density at radius 1 is 1.08 bits per heavy atom. The van der Waals surface area contributed by atoms with Gasteiger partial charge in [-0.15, -0.1) is 0 Å². The maximum absolute atomic E-state index is 13.2. The molecule has 1 saturated heterocycles. The van der Waals surface area contributed by atoms with Crippen molar-refractivity contribution < 1.29 is 9.13 Å². The van der Waals surface area contributed by atoms with E-state index in [4.69, 9.17) is 4.74 Å². The normalized spacial score (nSPS) is 19.1. The quantitative estimate of drug-likeness (QED) is 0.863. The first kappa shape index (κ1) is 15.3. The van der Waals surface area contributed by atoms with Crippen LogP contribution in [0.5, 0.6) is 11.6 Å². The molecule has 0 unspecified atom stereocenters. The van der Waals surface area contributed by atoms with E-state index in [9.17, 15) is 4.39 Å². The van der Waals surface area contributed by atoms with E-state index in [1.807, 2.05) is 0 Å². The minimum absolute atomic E-state index is 0.330. The average molecular weight is 328 g/mol. The second-order valence-corrected chi connectivity index (χ2v) is 6.38. The smallest absolute Gasteiger partial charge is 0.239 e. The minimum atomic E-state index is -0.330. The van der Waals surface area contributed by atoms with Crippen LogP contribution in [0.25, 0.3) is 0 Å². The molecule has 2 fully saturated rings. The lowest BCUT2D eigenvalue weighted by molar-refractivity contribution is 0.120. The van der Waals surface area contributed by atoms with Gasteiger partial charge in [-0.05, 0) is 25.0 Å². The van der Waals surface area contributed by atoms with Crippen LogP contribution in [-0.2, 0) is 0 Å². The third kappa shape index (κ3) is 3.33. The summed E-state index contributed by atoms with van der Waals surface area (Å²) < 4.78 is 18.9. The Bertz CT molecular complexity index is 699. The van der Waals surface area contributed by atoms with E-state index in [-0.39, 0.29) is 5.82 Å². The molecule has 1 aliphatic heterocycles. The Morgan fingerprint density at radius 2 is 1.92 bits per heavy atom. The number of halogens is 1. The number of hydrogen-bond acceptors (Lipinski definition) is 5. The van der Waals surface area contributed by atoms with Crippen LogP contribution in [0.4, 0.5) is 10.2 Å². The van der Waals surface area contributed by atoms with Gasteiger partial charge in [0.1, 0.15) is 11.6 Å². The van der Waals surface area contributed by atoms with Crippen LogP contribution in [0.2, 0.25) is 0 Å². The molecule has 1 aliphatic carbocycles. The van der Waals surface area contributed by atoms with Gasteiger partial charge in [-0.3, -0.25) is 9.88 Å². The molecule has 2 heterocycles. The van der Waals surface area contributed by atoms with Crippen LogP contribution >= 0.6 is 0 Å². The number of hydrogen-bond donors (Lipinski definition) is 0. The molecule has 0 N–H and O–H groups in total. The molecule has 0 atom stereocenters. The van der Waals surface area contributed by atoms with E-state index < -0.39 is 0 Å². The summed E-state index contributed by atoms with van der Waals surface area (Å²) in [6, 6.07) is 6.83. The van der Waals surface area contributed by atoms with Crippen molar-refractivity contribution in [3.8, 4) is 11.6 Å². The average Bonchev–Trinajstić information content (AvgIpc) is 2.54. The van der Waals surface area contributed by atoms with Crippen LogP contribution in [0.3, 0.4) is 0 Å². The van der Waals surface area contributed by atoms with Gasteiger partial charge < -0.3 is 9.64 Å². The van der Waals surface area contributed by atoms with Crippen LogP contribution in [0, 0.1) is 5.82 Å². The SMILES string of the molecule is Fc1cccc(Oc2cncc(N3CCN(C4CCC4)CC3)n2)c1. The summed E-state index contributed by atoms with van der Waals surface area (Å²) in [7, 11) is 0. The molecule has 0 amide bonds. The summed E-state index contributed by atoms with van der Waals surface area (Å²) in [6.07, 6.45) is 7.37. The number of rotatable bonds is 4. The first-order chi connectivity index (χ1) is 11.8. The maximum atomic E-state index is 13.2. The zero-order chi connectivity index (χ0) is 16.4. The van der Waals surface area contributed by atoms with Crippen molar-refractivity contribution in [1.29, 1.82) is 0 Å². The third-order valence-electron chi connectivity index (χ3n) is 4.85. The third-order valence-corrected chi connectivity index (χ3v) is 4.85. The Kier molecular flexibility index (Phi) is 4.30. The molecule has 1 aromatic carbocycles. The van der Waals surface area contributed by atoms with Gasteiger partial charge in [-0.2, -0.15) is 4.98 Å². The predicted molar refractivity (Wildman–Crippen MR) is 89.9 cm³/mol. The molecule has 4 rings (SSSR count). The van der Waals surface area contributed by atoms with Crippen molar-refractivity contribution in [2.24, 2.45) is 0 Å². The highest BCUT2D eigenvalue weighted by molar-refractivity contribution is 5.39. The molecule has 126 valence electrons.